The third-order valence-electron chi connectivity index (χ3n) is 3.58. The Balaban J connectivity index is 2.31. The molecule has 6 nitrogen and oxygen atoms in total. The lowest BCUT2D eigenvalue weighted by molar-refractivity contribution is -0.384. The van der Waals surface area contributed by atoms with Crippen LogP contribution in [0.2, 0.25) is 0 Å². The Morgan fingerprint density at radius 3 is 2.62 bits per heavy atom. The number of anilines is 1. The van der Waals surface area contributed by atoms with E-state index in [1.54, 1.807) is 0 Å². The maximum Gasteiger partial charge on any atom is 0.295 e. The van der Waals surface area contributed by atoms with Gasteiger partial charge in [0.1, 0.15) is 0 Å². The Bertz CT molecular complexity index is 547. The molecule has 0 radical (unpaired) electrons. The number of nitro benzene ring substituents is 1. The normalized spacial score (nSPS) is 17.5. The number of nitro groups is 1. The molecule has 21 heavy (non-hydrogen) atoms. The van der Waals surface area contributed by atoms with Crippen LogP contribution in [0, 0.1) is 21.7 Å². The highest BCUT2D eigenvalue weighted by Gasteiger charge is 2.34. The number of ether oxygens (including phenoxy) is 1. The van der Waals surface area contributed by atoms with Gasteiger partial charge in [0.15, 0.2) is 17.3 Å². The summed E-state index contributed by atoms with van der Waals surface area (Å²) in [5.74, 6) is -2.45. The van der Waals surface area contributed by atoms with Crippen molar-refractivity contribution in [3.63, 3.8) is 0 Å². The van der Waals surface area contributed by atoms with Crippen LogP contribution in [0.25, 0.3) is 0 Å². The summed E-state index contributed by atoms with van der Waals surface area (Å²) in [6, 6.07) is 1.63. The summed E-state index contributed by atoms with van der Waals surface area (Å²) < 4.78 is 32.4. The smallest absolute Gasteiger partial charge is 0.295 e. The molecule has 0 atom stereocenters. The van der Waals surface area contributed by atoms with Crippen LogP contribution in [0.4, 0.5) is 20.2 Å². The third kappa shape index (κ3) is 3.27. The average Bonchev–Trinajstić information content (AvgIpc) is 2.41. The molecule has 1 aromatic carbocycles. The number of nitrogens with zero attached hydrogens (tertiary/aromatic N) is 2. The molecule has 1 saturated heterocycles. The van der Waals surface area contributed by atoms with Crippen LogP contribution < -0.4 is 4.90 Å². The second-order valence-electron chi connectivity index (χ2n) is 5.18. The molecule has 0 saturated carbocycles. The van der Waals surface area contributed by atoms with Crippen LogP contribution in [0.5, 0.6) is 0 Å². The van der Waals surface area contributed by atoms with E-state index in [9.17, 15) is 24.0 Å². The van der Waals surface area contributed by atoms with Crippen molar-refractivity contribution in [2.45, 2.75) is 18.4 Å². The number of hydrogen-bond acceptors (Lipinski definition) is 5. The zero-order valence-corrected chi connectivity index (χ0v) is 11.5. The molecular weight excluding hydrogens is 286 g/mol. The van der Waals surface area contributed by atoms with Gasteiger partial charge in [-0.25, -0.2) is 8.78 Å². The lowest BCUT2D eigenvalue weighted by atomic mass is 9.93. The molecule has 1 heterocycles. The van der Waals surface area contributed by atoms with Crippen molar-refractivity contribution >= 4 is 11.4 Å². The first-order valence-corrected chi connectivity index (χ1v) is 6.48. The molecule has 0 aliphatic carbocycles. The van der Waals surface area contributed by atoms with Crippen molar-refractivity contribution in [1.29, 1.82) is 0 Å². The van der Waals surface area contributed by atoms with E-state index in [1.165, 1.54) is 11.9 Å². The van der Waals surface area contributed by atoms with Gasteiger partial charge in [-0.1, -0.05) is 0 Å². The molecule has 2 rings (SSSR count). The average molecular weight is 302 g/mol. The van der Waals surface area contributed by atoms with Gasteiger partial charge in [0.25, 0.3) is 5.69 Å². The van der Waals surface area contributed by atoms with Crippen LogP contribution in [0.3, 0.4) is 0 Å². The van der Waals surface area contributed by atoms with Crippen molar-refractivity contribution < 1.29 is 23.5 Å². The van der Waals surface area contributed by atoms with Crippen molar-refractivity contribution in [3.8, 4) is 0 Å². The molecule has 1 N–H and O–H groups in total. The summed E-state index contributed by atoms with van der Waals surface area (Å²) in [5.41, 5.74) is -2.13. The van der Waals surface area contributed by atoms with Gasteiger partial charge in [-0.2, -0.15) is 0 Å². The van der Waals surface area contributed by atoms with E-state index in [4.69, 9.17) is 4.74 Å². The van der Waals surface area contributed by atoms with Gasteiger partial charge in [0, 0.05) is 45.7 Å². The van der Waals surface area contributed by atoms with E-state index < -0.39 is 33.5 Å². The van der Waals surface area contributed by atoms with Crippen LogP contribution in [-0.4, -0.2) is 42.4 Å². The van der Waals surface area contributed by atoms with Gasteiger partial charge in [-0.15, -0.1) is 0 Å². The fourth-order valence-electron chi connectivity index (χ4n) is 2.47. The first-order valence-electron chi connectivity index (χ1n) is 6.48. The maximum absolute atomic E-state index is 13.9. The minimum absolute atomic E-state index is 0.0441. The summed E-state index contributed by atoms with van der Waals surface area (Å²) in [5, 5.41) is 21.4. The number of halogens is 2. The molecule has 1 aliphatic rings. The highest BCUT2D eigenvalue weighted by Crippen LogP contribution is 2.33. The first-order chi connectivity index (χ1) is 9.84. The van der Waals surface area contributed by atoms with Crippen LogP contribution in [0.15, 0.2) is 12.1 Å². The summed E-state index contributed by atoms with van der Waals surface area (Å²) >= 11 is 0. The van der Waals surface area contributed by atoms with E-state index in [1.807, 2.05) is 0 Å². The SMILES string of the molecule is CN(CC1(O)CCOCC1)c1c([N+](=O)[O-])ccc(F)c1F. The lowest BCUT2D eigenvalue weighted by Crippen LogP contribution is -2.46. The highest BCUT2D eigenvalue weighted by molar-refractivity contribution is 5.64. The number of benzene rings is 1. The minimum atomic E-state index is -1.29. The highest BCUT2D eigenvalue weighted by atomic mass is 19.2. The van der Waals surface area contributed by atoms with Crippen LogP contribution in [-0.2, 0) is 4.74 Å². The summed E-state index contributed by atoms with van der Waals surface area (Å²) in [4.78, 5) is 11.4. The fraction of sp³-hybridized carbons (Fsp3) is 0.538. The van der Waals surface area contributed by atoms with E-state index >= 15 is 0 Å². The van der Waals surface area contributed by atoms with Crippen LogP contribution in [0.1, 0.15) is 12.8 Å². The fourth-order valence-corrected chi connectivity index (χ4v) is 2.47. The van der Waals surface area contributed by atoms with Gasteiger partial charge in [0.05, 0.1) is 10.5 Å². The van der Waals surface area contributed by atoms with E-state index in [0.29, 0.717) is 32.1 Å². The molecule has 0 spiro atoms. The van der Waals surface area contributed by atoms with Gasteiger partial charge in [-0.3, -0.25) is 10.1 Å². The van der Waals surface area contributed by atoms with Gasteiger partial charge in [0.2, 0.25) is 0 Å². The van der Waals surface area contributed by atoms with E-state index in [0.717, 1.165) is 6.07 Å². The molecule has 8 heteroatoms. The van der Waals surface area contributed by atoms with E-state index in [-0.39, 0.29) is 6.54 Å². The Labute approximate surface area is 120 Å². The van der Waals surface area contributed by atoms with Crippen molar-refractivity contribution in [1.82, 2.24) is 0 Å². The summed E-state index contributed by atoms with van der Waals surface area (Å²) in [6.45, 7) is 0.674. The Morgan fingerprint density at radius 1 is 1.43 bits per heavy atom. The molecule has 1 aromatic rings. The van der Waals surface area contributed by atoms with Gasteiger partial charge >= 0.3 is 0 Å². The zero-order valence-electron chi connectivity index (χ0n) is 11.5. The number of hydrogen-bond donors (Lipinski definition) is 1. The maximum atomic E-state index is 13.9. The van der Waals surface area contributed by atoms with Crippen LogP contribution >= 0.6 is 0 Å². The second-order valence-corrected chi connectivity index (χ2v) is 5.18. The molecule has 1 fully saturated rings. The number of likely N-dealkylation sites (N-methyl/N-ethyl adjacent to an activating group) is 1. The predicted octanol–water partition coefficient (Wildman–Crippen LogP) is 1.85. The van der Waals surface area contributed by atoms with Crippen molar-refractivity contribution in [2.75, 3.05) is 31.7 Å². The third-order valence-corrected chi connectivity index (χ3v) is 3.58. The monoisotopic (exact) mass is 302 g/mol. The van der Waals surface area contributed by atoms with Crippen molar-refractivity contribution in [3.05, 3.63) is 33.9 Å². The Kier molecular flexibility index (Phi) is 4.38. The minimum Gasteiger partial charge on any atom is -0.388 e. The molecule has 0 amide bonds. The zero-order chi connectivity index (χ0) is 15.6. The Hall–Kier alpha value is -1.80. The first kappa shape index (κ1) is 15.6. The molecule has 0 unspecified atom stereocenters. The van der Waals surface area contributed by atoms with Gasteiger partial charge < -0.3 is 14.7 Å². The molecule has 0 bridgehead atoms. The number of aliphatic hydroxyl groups is 1. The predicted molar refractivity (Wildman–Crippen MR) is 71.3 cm³/mol. The quantitative estimate of drug-likeness (QED) is 0.678. The topological polar surface area (TPSA) is 75.8 Å². The molecule has 1 aliphatic heterocycles. The second kappa shape index (κ2) is 5.90. The summed E-state index contributed by atoms with van der Waals surface area (Å²) in [6.07, 6.45) is 0.671. The molecule has 0 aromatic heterocycles. The molecule has 116 valence electrons. The Morgan fingerprint density at radius 2 is 2.05 bits per heavy atom. The standard InChI is InChI=1S/C13H16F2N2O4/c1-16(8-13(18)4-6-21-7-5-13)12-10(17(19)20)3-2-9(14)11(12)15/h2-3,18H,4-8H2,1H3. The number of rotatable bonds is 4. The lowest BCUT2D eigenvalue weighted by Gasteiger charge is -2.36. The van der Waals surface area contributed by atoms with Gasteiger partial charge in [-0.05, 0) is 6.07 Å². The largest absolute Gasteiger partial charge is 0.388 e. The summed E-state index contributed by atoms with van der Waals surface area (Å²) in [7, 11) is 1.39. The van der Waals surface area contributed by atoms with E-state index in [2.05, 4.69) is 0 Å². The molecular formula is C13H16F2N2O4. The van der Waals surface area contributed by atoms with Crippen molar-refractivity contribution in [2.24, 2.45) is 0 Å².